The fourth-order valence-corrected chi connectivity index (χ4v) is 3.50. The summed E-state index contributed by atoms with van der Waals surface area (Å²) in [7, 11) is 1.58. The number of hydrogen-bond donors (Lipinski definition) is 2. The lowest BCUT2D eigenvalue weighted by Gasteiger charge is -2.15. The van der Waals surface area contributed by atoms with Crippen LogP contribution >= 0.6 is 0 Å². The summed E-state index contributed by atoms with van der Waals surface area (Å²) in [6, 6.07) is 25.7. The van der Waals surface area contributed by atoms with Gasteiger partial charge in [-0.05, 0) is 73.7 Å². The lowest BCUT2D eigenvalue weighted by Crippen LogP contribution is -2.23. The minimum Gasteiger partial charge on any atom is -0.457 e. The smallest absolute Gasteiger partial charge is 0.244 e. The SMILES string of the molecule is C=N/C(N)=C(\C(=N/C)Oc1ccc(Oc2ccccc2)cc1)c1cccc(NC(=O)C2(C#N)CC2)c1. The normalized spacial score (nSPS) is 14.6. The summed E-state index contributed by atoms with van der Waals surface area (Å²) in [5.41, 5.74) is 6.79. The maximum Gasteiger partial charge on any atom is 0.244 e. The Hall–Kier alpha value is -4.90. The molecule has 0 bridgehead atoms. The van der Waals surface area contributed by atoms with Crippen molar-refractivity contribution >= 4 is 29.8 Å². The Bertz CT molecular complexity index is 1370. The number of nitrogens with two attached hydrogens (primary N) is 1. The molecule has 0 saturated heterocycles. The van der Waals surface area contributed by atoms with Crippen LogP contribution < -0.4 is 20.5 Å². The number of aliphatic imine (C=N–C) groups is 2. The standard InChI is InChI=1S/C28H25N5O3/c1-31-25(30)24(19-7-6-8-20(17-19)33-27(34)28(18-29)15-16-28)26(32-2)36-23-13-11-22(12-14-23)35-21-9-4-3-5-10-21/h3-14,17H,1,15-16,30H2,2H3,(H,33,34)/b25-24-,32-26+. The average Bonchev–Trinajstić information content (AvgIpc) is 3.71. The zero-order valence-electron chi connectivity index (χ0n) is 19.8. The summed E-state index contributed by atoms with van der Waals surface area (Å²) in [5, 5.41) is 12.1. The molecule has 0 aromatic heterocycles. The molecule has 0 aliphatic heterocycles. The maximum atomic E-state index is 12.5. The fourth-order valence-electron chi connectivity index (χ4n) is 3.50. The van der Waals surface area contributed by atoms with Gasteiger partial charge < -0.3 is 20.5 Å². The Morgan fingerprint density at radius 2 is 1.69 bits per heavy atom. The van der Waals surface area contributed by atoms with Gasteiger partial charge in [-0.1, -0.05) is 30.3 Å². The third-order valence-electron chi connectivity index (χ3n) is 5.67. The van der Waals surface area contributed by atoms with Crippen molar-refractivity contribution < 1.29 is 14.3 Å². The van der Waals surface area contributed by atoms with Gasteiger partial charge in [0, 0.05) is 12.7 Å². The molecule has 0 radical (unpaired) electrons. The molecule has 4 rings (SSSR count). The first-order valence-electron chi connectivity index (χ1n) is 11.3. The second-order valence-electron chi connectivity index (χ2n) is 8.16. The minimum atomic E-state index is -0.939. The van der Waals surface area contributed by atoms with E-state index in [2.05, 4.69) is 28.1 Å². The van der Waals surface area contributed by atoms with E-state index in [0.29, 0.717) is 41.2 Å². The number of para-hydroxylation sites is 1. The first-order valence-corrected chi connectivity index (χ1v) is 11.3. The molecule has 36 heavy (non-hydrogen) atoms. The van der Waals surface area contributed by atoms with Crippen molar-refractivity contribution in [2.45, 2.75) is 12.8 Å². The van der Waals surface area contributed by atoms with Crippen LogP contribution in [0.2, 0.25) is 0 Å². The van der Waals surface area contributed by atoms with Gasteiger partial charge in [-0.25, -0.2) is 4.99 Å². The van der Waals surface area contributed by atoms with Gasteiger partial charge in [0.1, 0.15) is 28.5 Å². The van der Waals surface area contributed by atoms with Crippen LogP contribution in [-0.2, 0) is 4.79 Å². The predicted octanol–water partition coefficient (Wildman–Crippen LogP) is 5.16. The van der Waals surface area contributed by atoms with E-state index in [1.165, 1.54) is 0 Å². The monoisotopic (exact) mass is 479 g/mol. The number of hydrogen-bond acceptors (Lipinski definition) is 7. The van der Waals surface area contributed by atoms with Gasteiger partial charge in [0.15, 0.2) is 0 Å². The third kappa shape index (κ3) is 5.42. The van der Waals surface area contributed by atoms with Gasteiger partial charge in [0.05, 0.1) is 11.6 Å². The molecule has 0 heterocycles. The topological polar surface area (TPSA) is 122 Å². The lowest BCUT2D eigenvalue weighted by molar-refractivity contribution is -0.119. The van der Waals surface area contributed by atoms with Crippen LogP contribution in [0.15, 0.2) is 94.7 Å². The summed E-state index contributed by atoms with van der Waals surface area (Å²) in [6.45, 7) is 3.54. The van der Waals surface area contributed by atoms with Crippen molar-refractivity contribution in [2.24, 2.45) is 21.1 Å². The molecule has 8 heteroatoms. The van der Waals surface area contributed by atoms with E-state index in [4.69, 9.17) is 15.2 Å². The van der Waals surface area contributed by atoms with Crippen molar-refractivity contribution in [3.63, 3.8) is 0 Å². The molecule has 1 saturated carbocycles. The zero-order chi connectivity index (χ0) is 25.5. The molecule has 3 aromatic rings. The minimum absolute atomic E-state index is 0.110. The molecular formula is C28H25N5O3. The first-order chi connectivity index (χ1) is 17.5. The van der Waals surface area contributed by atoms with E-state index < -0.39 is 5.41 Å². The molecule has 0 spiro atoms. The van der Waals surface area contributed by atoms with Crippen molar-refractivity contribution in [1.29, 1.82) is 5.26 Å². The molecule has 180 valence electrons. The highest BCUT2D eigenvalue weighted by Crippen LogP contribution is 2.45. The average molecular weight is 480 g/mol. The molecule has 0 atom stereocenters. The second kappa shape index (κ2) is 10.6. The van der Waals surface area contributed by atoms with Crippen LogP contribution in [0.25, 0.3) is 5.57 Å². The van der Waals surface area contributed by atoms with E-state index in [9.17, 15) is 10.1 Å². The largest absolute Gasteiger partial charge is 0.457 e. The Kier molecular flexibility index (Phi) is 7.12. The number of nitrogens with zero attached hydrogens (tertiary/aromatic N) is 3. The Balaban J connectivity index is 1.55. The third-order valence-corrected chi connectivity index (χ3v) is 5.67. The molecule has 1 aliphatic carbocycles. The highest BCUT2D eigenvalue weighted by atomic mass is 16.5. The Morgan fingerprint density at radius 3 is 2.31 bits per heavy atom. The number of ether oxygens (including phenoxy) is 2. The lowest BCUT2D eigenvalue weighted by atomic mass is 10.0. The number of nitriles is 1. The van der Waals surface area contributed by atoms with E-state index in [-0.39, 0.29) is 17.6 Å². The van der Waals surface area contributed by atoms with Crippen molar-refractivity contribution in [2.75, 3.05) is 12.4 Å². The van der Waals surface area contributed by atoms with Gasteiger partial charge in [-0.15, -0.1) is 0 Å². The van der Waals surface area contributed by atoms with Crippen molar-refractivity contribution in [1.82, 2.24) is 0 Å². The van der Waals surface area contributed by atoms with E-state index in [1.54, 1.807) is 55.6 Å². The van der Waals surface area contributed by atoms with Crippen LogP contribution in [0.3, 0.4) is 0 Å². The molecule has 0 unspecified atom stereocenters. The Labute approximate surface area is 209 Å². The Morgan fingerprint density at radius 1 is 1.03 bits per heavy atom. The van der Waals surface area contributed by atoms with E-state index in [1.807, 2.05) is 30.3 Å². The molecule has 3 N–H and O–H groups in total. The molecule has 1 aliphatic rings. The molecular weight excluding hydrogens is 454 g/mol. The number of carbonyl (C=O) groups excluding carboxylic acids is 1. The molecule has 3 aromatic carbocycles. The van der Waals surface area contributed by atoms with E-state index in [0.717, 1.165) is 5.75 Å². The molecule has 1 amide bonds. The summed E-state index contributed by atoms with van der Waals surface area (Å²) in [5.74, 6) is 1.90. The van der Waals surface area contributed by atoms with Crippen LogP contribution in [0.5, 0.6) is 17.2 Å². The number of nitrogens with one attached hydrogen (secondary N) is 1. The van der Waals surface area contributed by atoms with Crippen LogP contribution in [0, 0.1) is 16.7 Å². The van der Waals surface area contributed by atoms with Gasteiger partial charge in [0.25, 0.3) is 0 Å². The highest BCUT2D eigenvalue weighted by molar-refractivity contribution is 6.21. The van der Waals surface area contributed by atoms with Crippen LogP contribution in [0.1, 0.15) is 18.4 Å². The molecule has 1 fully saturated rings. The quantitative estimate of drug-likeness (QED) is 0.341. The number of amides is 1. The van der Waals surface area contributed by atoms with Gasteiger partial charge in [0.2, 0.25) is 11.8 Å². The summed E-state index contributed by atoms with van der Waals surface area (Å²) < 4.78 is 11.9. The number of benzene rings is 3. The zero-order valence-corrected chi connectivity index (χ0v) is 19.8. The molecule has 8 nitrogen and oxygen atoms in total. The van der Waals surface area contributed by atoms with Gasteiger partial charge in [-0.3, -0.25) is 9.79 Å². The van der Waals surface area contributed by atoms with Crippen LogP contribution in [0.4, 0.5) is 5.69 Å². The second-order valence-corrected chi connectivity index (χ2v) is 8.16. The van der Waals surface area contributed by atoms with Gasteiger partial charge in [-0.2, -0.15) is 5.26 Å². The maximum absolute atomic E-state index is 12.5. The predicted molar refractivity (Wildman–Crippen MR) is 140 cm³/mol. The number of anilines is 1. The van der Waals surface area contributed by atoms with E-state index >= 15 is 0 Å². The first kappa shape index (κ1) is 24.2. The fraction of sp³-hybridized carbons (Fsp3) is 0.143. The van der Waals surface area contributed by atoms with Crippen molar-refractivity contribution in [3.8, 4) is 23.3 Å². The van der Waals surface area contributed by atoms with Crippen molar-refractivity contribution in [3.05, 3.63) is 90.2 Å². The van der Waals surface area contributed by atoms with Crippen LogP contribution in [-0.4, -0.2) is 25.6 Å². The number of carbonyl (C=O) groups is 1. The summed E-state index contributed by atoms with van der Waals surface area (Å²) in [6.07, 6.45) is 1.12. The summed E-state index contributed by atoms with van der Waals surface area (Å²) in [4.78, 5) is 20.7. The summed E-state index contributed by atoms with van der Waals surface area (Å²) >= 11 is 0. The number of rotatable bonds is 8. The highest BCUT2D eigenvalue weighted by Gasteiger charge is 2.50. The van der Waals surface area contributed by atoms with Gasteiger partial charge >= 0.3 is 0 Å².